The van der Waals surface area contributed by atoms with Crippen molar-refractivity contribution in [3.8, 4) is 11.6 Å². The maximum atomic E-state index is 13.0. The number of carbonyl (C=O) groups is 1. The van der Waals surface area contributed by atoms with E-state index in [0.29, 0.717) is 37.7 Å². The van der Waals surface area contributed by atoms with Gasteiger partial charge in [0.25, 0.3) is 5.91 Å². The fourth-order valence-electron chi connectivity index (χ4n) is 4.58. The van der Waals surface area contributed by atoms with Gasteiger partial charge in [0.05, 0.1) is 13.2 Å². The number of ether oxygens (including phenoxy) is 2. The third-order valence-corrected chi connectivity index (χ3v) is 6.62. The molecule has 0 atom stereocenters. The van der Waals surface area contributed by atoms with E-state index in [1.165, 1.54) is 30.4 Å². The van der Waals surface area contributed by atoms with Crippen LogP contribution in [0.5, 0.6) is 11.6 Å². The van der Waals surface area contributed by atoms with E-state index in [1.807, 2.05) is 6.07 Å². The fourth-order valence-corrected chi connectivity index (χ4v) is 4.58. The van der Waals surface area contributed by atoms with Crippen LogP contribution in [0.25, 0.3) is 0 Å². The average Bonchev–Trinajstić information content (AvgIpc) is 2.96. The average molecular weight is 408 g/mol. The summed E-state index contributed by atoms with van der Waals surface area (Å²) in [6.07, 6.45) is 7.89. The molecule has 0 bridgehead atoms. The molecule has 3 heterocycles. The topological polar surface area (TPSA) is 54.9 Å². The van der Waals surface area contributed by atoms with E-state index in [4.69, 9.17) is 9.47 Å². The molecule has 1 saturated heterocycles. The van der Waals surface area contributed by atoms with E-state index in [-0.39, 0.29) is 5.91 Å². The lowest BCUT2D eigenvalue weighted by Gasteiger charge is -2.36. The van der Waals surface area contributed by atoms with Crippen LogP contribution < -0.4 is 4.74 Å². The van der Waals surface area contributed by atoms with Crippen molar-refractivity contribution >= 4 is 5.91 Å². The predicted octanol–water partition coefficient (Wildman–Crippen LogP) is 3.30. The molecule has 158 valence electrons. The summed E-state index contributed by atoms with van der Waals surface area (Å²) in [4.78, 5) is 21.8. The van der Waals surface area contributed by atoms with E-state index in [1.54, 1.807) is 23.2 Å². The molecule has 1 amide bonds. The van der Waals surface area contributed by atoms with Crippen molar-refractivity contribution in [3.05, 3.63) is 53.2 Å². The number of nitrogens with zero attached hydrogens (tertiary/aromatic N) is 3. The first-order valence-electron chi connectivity index (χ1n) is 11.1. The van der Waals surface area contributed by atoms with Crippen LogP contribution in [-0.4, -0.2) is 66.1 Å². The third-order valence-electron chi connectivity index (χ3n) is 6.62. The van der Waals surface area contributed by atoms with Crippen molar-refractivity contribution in [1.29, 1.82) is 0 Å². The van der Waals surface area contributed by atoms with Crippen LogP contribution >= 0.6 is 0 Å². The highest BCUT2D eigenvalue weighted by Crippen LogP contribution is 2.30. The van der Waals surface area contributed by atoms with Crippen LogP contribution in [0.15, 0.2) is 36.5 Å². The van der Waals surface area contributed by atoms with Gasteiger partial charge >= 0.3 is 0 Å². The smallest absolute Gasteiger partial charge is 0.259 e. The van der Waals surface area contributed by atoms with Crippen molar-refractivity contribution < 1.29 is 14.3 Å². The van der Waals surface area contributed by atoms with Crippen molar-refractivity contribution in [2.24, 2.45) is 0 Å². The van der Waals surface area contributed by atoms with Gasteiger partial charge < -0.3 is 14.4 Å². The number of aromatic nitrogens is 1. The molecular weight excluding hydrogens is 378 g/mol. The minimum atomic E-state index is -0.0488. The van der Waals surface area contributed by atoms with Crippen LogP contribution in [0.3, 0.4) is 0 Å². The first kappa shape index (κ1) is 19.5. The van der Waals surface area contributed by atoms with Gasteiger partial charge in [-0.05, 0) is 61.1 Å². The number of morpholine rings is 1. The summed E-state index contributed by atoms with van der Waals surface area (Å²) in [6, 6.07) is 10.7. The van der Waals surface area contributed by atoms with Gasteiger partial charge in [0, 0.05) is 38.4 Å². The number of hydrogen-bond acceptors (Lipinski definition) is 5. The zero-order chi connectivity index (χ0) is 20.3. The number of amides is 1. The fraction of sp³-hybridized carbons (Fsp3) is 0.500. The summed E-state index contributed by atoms with van der Waals surface area (Å²) < 4.78 is 11.5. The predicted molar refractivity (Wildman–Crippen MR) is 114 cm³/mol. The Hall–Kier alpha value is -2.44. The van der Waals surface area contributed by atoms with Crippen LogP contribution in [0, 0.1) is 0 Å². The quantitative estimate of drug-likeness (QED) is 0.778. The maximum Gasteiger partial charge on any atom is 0.259 e. The van der Waals surface area contributed by atoms with Gasteiger partial charge in [-0.3, -0.25) is 9.69 Å². The molecule has 30 heavy (non-hydrogen) atoms. The molecule has 5 rings (SSSR count). The lowest BCUT2D eigenvalue weighted by atomic mass is 9.91. The molecule has 0 spiro atoms. The van der Waals surface area contributed by atoms with Crippen molar-refractivity contribution in [3.63, 3.8) is 0 Å². The number of hydrogen-bond donors (Lipinski definition) is 0. The molecular formula is C24H29N3O3. The molecule has 0 unspecified atom stereocenters. The monoisotopic (exact) mass is 407 g/mol. The largest absolute Gasteiger partial charge is 0.438 e. The van der Waals surface area contributed by atoms with E-state index in [9.17, 15) is 4.79 Å². The summed E-state index contributed by atoms with van der Waals surface area (Å²) in [5.74, 6) is 1.08. The standard InChI is InChI=1S/C24H29N3O3/c28-24(27-13-15-29-16-14-27)22-5-2-10-25-23(22)30-21-7-6-18-8-11-26(20-3-1-4-20)12-9-19(18)17-21/h2,5-7,10,17,20H,1,3-4,8-9,11-16H2. The van der Waals surface area contributed by atoms with Gasteiger partial charge in [-0.25, -0.2) is 4.98 Å². The Morgan fingerprint density at radius 2 is 1.83 bits per heavy atom. The van der Waals surface area contributed by atoms with Crippen molar-refractivity contribution in [1.82, 2.24) is 14.8 Å². The second-order valence-corrected chi connectivity index (χ2v) is 8.41. The Balaban J connectivity index is 1.32. The molecule has 2 aromatic rings. The van der Waals surface area contributed by atoms with Crippen molar-refractivity contribution in [2.45, 2.75) is 38.1 Å². The molecule has 2 aliphatic heterocycles. The van der Waals surface area contributed by atoms with Gasteiger partial charge in [-0.1, -0.05) is 12.5 Å². The van der Waals surface area contributed by atoms with Crippen molar-refractivity contribution in [2.75, 3.05) is 39.4 Å². The van der Waals surface area contributed by atoms with Crippen LogP contribution in [-0.2, 0) is 17.6 Å². The second kappa shape index (κ2) is 8.74. The van der Waals surface area contributed by atoms with Gasteiger partial charge in [-0.2, -0.15) is 0 Å². The summed E-state index contributed by atoms with van der Waals surface area (Å²) in [5, 5.41) is 0. The molecule has 0 radical (unpaired) electrons. The van der Waals surface area contributed by atoms with E-state index in [2.05, 4.69) is 22.0 Å². The summed E-state index contributed by atoms with van der Waals surface area (Å²) >= 11 is 0. The molecule has 1 saturated carbocycles. The lowest BCUT2D eigenvalue weighted by Crippen LogP contribution is -2.41. The van der Waals surface area contributed by atoms with Gasteiger partial charge in [0.1, 0.15) is 11.3 Å². The molecule has 1 aromatic heterocycles. The third kappa shape index (κ3) is 4.07. The Morgan fingerprint density at radius 1 is 1.03 bits per heavy atom. The Bertz CT molecular complexity index is 906. The second-order valence-electron chi connectivity index (χ2n) is 8.41. The normalized spacial score (nSPS) is 20.2. The Labute approximate surface area is 177 Å². The van der Waals surface area contributed by atoms with Gasteiger partial charge in [-0.15, -0.1) is 0 Å². The Morgan fingerprint density at radius 3 is 2.60 bits per heavy atom. The minimum Gasteiger partial charge on any atom is -0.438 e. The Kier molecular flexibility index (Phi) is 5.69. The molecule has 0 N–H and O–H groups in total. The number of fused-ring (bicyclic) bond motifs is 1. The summed E-state index contributed by atoms with van der Waals surface area (Å²) in [7, 11) is 0. The molecule has 6 heteroatoms. The zero-order valence-electron chi connectivity index (χ0n) is 17.4. The van der Waals surface area contributed by atoms with E-state index >= 15 is 0 Å². The highest BCUT2D eigenvalue weighted by Gasteiger charge is 2.27. The zero-order valence-corrected chi connectivity index (χ0v) is 17.4. The van der Waals surface area contributed by atoms with E-state index < -0.39 is 0 Å². The number of pyridine rings is 1. The number of carbonyl (C=O) groups excluding carboxylic acids is 1. The maximum absolute atomic E-state index is 13.0. The molecule has 6 nitrogen and oxygen atoms in total. The molecule has 2 fully saturated rings. The summed E-state index contributed by atoms with van der Waals surface area (Å²) in [6.45, 7) is 4.62. The lowest BCUT2D eigenvalue weighted by molar-refractivity contribution is 0.0301. The molecule has 1 aromatic carbocycles. The number of benzene rings is 1. The number of rotatable bonds is 4. The molecule has 1 aliphatic carbocycles. The van der Waals surface area contributed by atoms with Gasteiger partial charge in [0.15, 0.2) is 0 Å². The van der Waals surface area contributed by atoms with Crippen LogP contribution in [0.1, 0.15) is 40.7 Å². The van der Waals surface area contributed by atoms with Crippen LogP contribution in [0.4, 0.5) is 0 Å². The first-order valence-corrected chi connectivity index (χ1v) is 11.1. The summed E-state index contributed by atoms with van der Waals surface area (Å²) in [5.41, 5.74) is 3.27. The SMILES string of the molecule is O=C(c1cccnc1Oc1ccc2c(c1)CCN(C1CCC1)CC2)N1CCOCC1. The highest BCUT2D eigenvalue weighted by molar-refractivity contribution is 5.96. The highest BCUT2D eigenvalue weighted by atomic mass is 16.5. The van der Waals surface area contributed by atoms with Gasteiger partial charge in [0.2, 0.25) is 5.88 Å². The minimum absolute atomic E-state index is 0.0488. The van der Waals surface area contributed by atoms with Crippen LogP contribution in [0.2, 0.25) is 0 Å². The molecule has 3 aliphatic rings. The first-order chi connectivity index (χ1) is 14.8. The van der Waals surface area contributed by atoms with E-state index in [0.717, 1.165) is 37.7 Å².